The van der Waals surface area contributed by atoms with Gasteiger partial charge in [0.15, 0.2) is 0 Å². The zero-order chi connectivity index (χ0) is 26.9. The number of ether oxygens (including phenoxy) is 1. The zero-order valence-corrected chi connectivity index (χ0v) is 23.2. The molecule has 0 saturated heterocycles. The fourth-order valence-corrected chi connectivity index (χ4v) is 8.00. The third-order valence-corrected chi connectivity index (χ3v) is 9.50. The van der Waals surface area contributed by atoms with Gasteiger partial charge in [0.05, 0.1) is 12.5 Å². The van der Waals surface area contributed by atoms with Crippen LogP contribution in [0, 0.1) is 17.8 Å². The number of rotatable bonds is 11. The molecule has 4 fully saturated rings. The molecule has 5 heteroatoms. The Morgan fingerprint density at radius 3 is 2.29 bits per heavy atom. The summed E-state index contributed by atoms with van der Waals surface area (Å²) in [4.78, 5) is 28.5. The topological polar surface area (TPSA) is 66.8 Å². The van der Waals surface area contributed by atoms with Crippen LogP contribution in [0.2, 0.25) is 0 Å². The average molecular weight is 518 g/mol. The van der Waals surface area contributed by atoms with Crippen LogP contribution in [-0.4, -0.2) is 34.0 Å². The maximum absolute atomic E-state index is 14.4. The van der Waals surface area contributed by atoms with Crippen molar-refractivity contribution in [2.75, 3.05) is 6.61 Å². The summed E-state index contributed by atoms with van der Waals surface area (Å²) in [6.45, 7) is 7.16. The second-order valence-electron chi connectivity index (χ2n) is 12.2. The van der Waals surface area contributed by atoms with Crippen molar-refractivity contribution in [1.82, 2.24) is 4.90 Å². The standard InChI is InChI=1S/C33H43NO4/c1-4-6-13-38-28-11-7-9-26(17-28)31(35)34(33-18-23-14-24(19-33)16-25(15-23)20-33)21-27-10-8-12-30(29(27)5-2)22(3)32(36)37/h7-12,17,22-25H,4-6,13-16,18-21H2,1-3H3,(H,36,37)/t22-,23?,24?,25?,33?/m0/s1. The molecule has 0 aromatic heterocycles. The van der Waals surface area contributed by atoms with Crippen molar-refractivity contribution in [3.05, 3.63) is 64.7 Å². The van der Waals surface area contributed by atoms with E-state index in [9.17, 15) is 14.7 Å². The molecule has 0 heterocycles. The Kier molecular flexibility index (Phi) is 7.83. The first-order valence-corrected chi connectivity index (χ1v) is 14.7. The maximum atomic E-state index is 14.4. The second-order valence-corrected chi connectivity index (χ2v) is 12.2. The van der Waals surface area contributed by atoms with Gasteiger partial charge in [-0.2, -0.15) is 0 Å². The Labute approximate surface area is 227 Å². The number of hydrogen-bond acceptors (Lipinski definition) is 3. The van der Waals surface area contributed by atoms with Crippen molar-refractivity contribution >= 4 is 11.9 Å². The lowest BCUT2D eigenvalue weighted by molar-refractivity contribution is -0.138. The van der Waals surface area contributed by atoms with Crippen LogP contribution in [0.5, 0.6) is 5.75 Å². The molecule has 1 amide bonds. The highest BCUT2D eigenvalue weighted by Crippen LogP contribution is 2.58. The van der Waals surface area contributed by atoms with E-state index in [1.54, 1.807) is 6.92 Å². The summed E-state index contributed by atoms with van der Waals surface area (Å²) in [5.41, 5.74) is 3.58. The van der Waals surface area contributed by atoms with Crippen LogP contribution in [0.4, 0.5) is 0 Å². The van der Waals surface area contributed by atoms with E-state index in [4.69, 9.17) is 4.74 Å². The molecule has 4 bridgehead atoms. The van der Waals surface area contributed by atoms with Crippen LogP contribution in [0.1, 0.15) is 105 Å². The van der Waals surface area contributed by atoms with E-state index in [2.05, 4.69) is 24.8 Å². The molecule has 4 aliphatic rings. The Morgan fingerprint density at radius 2 is 1.68 bits per heavy atom. The summed E-state index contributed by atoms with van der Waals surface area (Å²) in [5.74, 6) is 1.57. The highest BCUT2D eigenvalue weighted by atomic mass is 16.5. The monoisotopic (exact) mass is 517 g/mol. The highest BCUT2D eigenvalue weighted by Gasteiger charge is 2.54. The number of carboxylic acids is 1. The Morgan fingerprint density at radius 1 is 1.03 bits per heavy atom. The van der Waals surface area contributed by atoms with Crippen LogP contribution in [0.25, 0.3) is 0 Å². The van der Waals surface area contributed by atoms with Gasteiger partial charge in [-0.1, -0.05) is 44.5 Å². The molecule has 0 unspecified atom stereocenters. The molecule has 2 aromatic rings. The minimum atomic E-state index is -0.814. The van der Waals surface area contributed by atoms with Crippen LogP contribution in [0.3, 0.4) is 0 Å². The molecule has 6 rings (SSSR count). The van der Waals surface area contributed by atoms with Gasteiger partial charge in [0, 0.05) is 17.6 Å². The SMILES string of the molecule is CCCCOc1cccc(C(=O)N(Cc2cccc([C@H](C)C(=O)O)c2CC)C23CC4CC(CC(C4)C2)C3)c1. The van der Waals surface area contributed by atoms with Crippen molar-refractivity contribution in [3.8, 4) is 5.75 Å². The minimum Gasteiger partial charge on any atom is -0.494 e. The maximum Gasteiger partial charge on any atom is 0.310 e. The fraction of sp³-hybridized carbons (Fsp3) is 0.576. The minimum absolute atomic E-state index is 0.0756. The third-order valence-electron chi connectivity index (χ3n) is 9.50. The van der Waals surface area contributed by atoms with Gasteiger partial charge >= 0.3 is 5.97 Å². The largest absolute Gasteiger partial charge is 0.494 e. The lowest BCUT2D eigenvalue weighted by atomic mass is 9.52. The molecule has 0 spiro atoms. The van der Waals surface area contributed by atoms with Crippen molar-refractivity contribution in [2.24, 2.45) is 17.8 Å². The lowest BCUT2D eigenvalue weighted by Gasteiger charge is -2.60. The quantitative estimate of drug-likeness (QED) is 0.319. The van der Waals surface area contributed by atoms with Crippen LogP contribution in [-0.2, 0) is 17.8 Å². The smallest absolute Gasteiger partial charge is 0.310 e. The number of benzene rings is 2. The molecule has 1 N–H and O–H groups in total. The van der Waals surface area contributed by atoms with Crippen molar-refractivity contribution < 1.29 is 19.4 Å². The Balaban J connectivity index is 1.52. The van der Waals surface area contributed by atoms with Gasteiger partial charge < -0.3 is 14.7 Å². The molecular formula is C33H43NO4. The molecule has 5 nitrogen and oxygen atoms in total. The first-order chi connectivity index (χ1) is 18.3. The van der Waals surface area contributed by atoms with Gasteiger partial charge in [0.1, 0.15) is 5.75 Å². The number of amides is 1. The molecular weight excluding hydrogens is 474 g/mol. The molecule has 38 heavy (non-hydrogen) atoms. The Bertz CT molecular complexity index is 1140. The van der Waals surface area contributed by atoms with E-state index >= 15 is 0 Å². The lowest BCUT2D eigenvalue weighted by Crippen LogP contribution is -2.61. The number of unbranched alkanes of at least 4 members (excludes halogenated alkanes) is 1. The van der Waals surface area contributed by atoms with Gasteiger partial charge in [-0.3, -0.25) is 9.59 Å². The predicted octanol–water partition coefficient (Wildman–Crippen LogP) is 7.23. The van der Waals surface area contributed by atoms with Crippen LogP contribution in [0.15, 0.2) is 42.5 Å². The normalized spacial score (nSPS) is 26.2. The first-order valence-electron chi connectivity index (χ1n) is 14.7. The zero-order valence-electron chi connectivity index (χ0n) is 23.2. The summed E-state index contributed by atoms with van der Waals surface area (Å²) in [6, 6.07) is 13.7. The fourth-order valence-electron chi connectivity index (χ4n) is 8.00. The van der Waals surface area contributed by atoms with E-state index in [-0.39, 0.29) is 11.4 Å². The third kappa shape index (κ3) is 5.21. The molecule has 4 saturated carbocycles. The van der Waals surface area contributed by atoms with Gasteiger partial charge in [0.25, 0.3) is 5.91 Å². The van der Waals surface area contributed by atoms with Crippen molar-refractivity contribution in [2.45, 2.75) is 96.6 Å². The number of aliphatic carboxylic acids is 1. The van der Waals surface area contributed by atoms with Gasteiger partial charge in [-0.15, -0.1) is 0 Å². The van der Waals surface area contributed by atoms with Gasteiger partial charge in [-0.05, 0) is 111 Å². The first kappa shape index (κ1) is 26.8. The number of nitrogens with zero attached hydrogens (tertiary/aromatic N) is 1. The average Bonchev–Trinajstić information content (AvgIpc) is 2.90. The highest BCUT2D eigenvalue weighted by molar-refractivity contribution is 5.95. The van der Waals surface area contributed by atoms with E-state index in [0.717, 1.165) is 61.0 Å². The summed E-state index contributed by atoms with van der Waals surface area (Å²) >= 11 is 0. The number of carbonyl (C=O) groups excluding carboxylic acids is 1. The Hall–Kier alpha value is -2.82. The molecule has 204 valence electrons. The van der Waals surface area contributed by atoms with Crippen molar-refractivity contribution in [3.63, 3.8) is 0 Å². The molecule has 4 aliphatic carbocycles. The van der Waals surface area contributed by atoms with E-state index < -0.39 is 11.9 Å². The van der Waals surface area contributed by atoms with Crippen LogP contribution < -0.4 is 4.74 Å². The van der Waals surface area contributed by atoms with E-state index in [1.165, 1.54) is 19.3 Å². The molecule has 1 atom stereocenters. The summed E-state index contributed by atoms with van der Waals surface area (Å²) in [7, 11) is 0. The second kappa shape index (κ2) is 11.1. The number of carboxylic acid groups (broad SMARTS) is 1. The van der Waals surface area contributed by atoms with Gasteiger partial charge in [0.2, 0.25) is 0 Å². The van der Waals surface area contributed by atoms with Crippen molar-refractivity contribution in [1.29, 1.82) is 0 Å². The van der Waals surface area contributed by atoms with E-state index in [1.807, 2.05) is 36.4 Å². The van der Waals surface area contributed by atoms with Gasteiger partial charge in [-0.25, -0.2) is 0 Å². The number of carbonyl (C=O) groups is 2. The van der Waals surface area contributed by atoms with Crippen LogP contribution >= 0.6 is 0 Å². The predicted molar refractivity (Wildman–Crippen MR) is 149 cm³/mol. The summed E-state index contributed by atoms with van der Waals surface area (Å²) in [5, 5.41) is 9.75. The summed E-state index contributed by atoms with van der Waals surface area (Å²) in [6.07, 6.45) is 10.0. The van der Waals surface area contributed by atoms with E-state index in [0.29, 0.717) is 36.5 Å². The summed E-state index contributed by atoms with van der Waals surface area (Å²) < 4.78 is 5.96. The number of hydrogen-bond donors (Lipinski definition) is 1. The molecule has 2 aromatic carbocycles. The molecule has 0 aliphatic heterocycles. The molecule has 0 radical (unpaired) electrons.